The van der Waals surface area contributed by atoms with Crippen LogP contribution in [-0.2, 0) is 16.1 Å². The average Bonchev–Trinajstić information content (AvgIpc) is 2.66. The van der Waals surface area contributed by atoms with E-state index in [1.807, 2.05) is 81.4 Å². The van der Waals surface area contributed by atoms with Crippen molar-refractivity contribution in [3.63, 3.8) is 0 Å². The van der Waals surface area contributed by atoms with E-state index in [-0.39, 0.29) is 17.7 Å². The third kappa shape index (κ3) is 5.19. The van der Waals surface area contributed by atoms with Crippen LogP contribution in [0.15, 0.2) is 60.7 Å². The lowest BCUT2D eigenvalue weighted by Crippen LogP contribution is -2.45. The number of carbonyl (C=O) groups is 2. The Kier molecular flexibility index (Phi) is 7.39. The zero-order chi connectivity index (χ0) is 18.9. The van der Waals surface area contributed by atoms with Gasteiger partial charge in [0.1, 0.15) is 6.04 Å². The molecule has 0 aliphatic heterocycles. The molecule has 0 spiro atoms. The molecule has 0 radical (unpaired) electrons. The third-order valence-corrected chi connectivity index (χ3v) is 4.20. The first kappa shape index (κ1) is 19.7. The lowest BCUT2D eigenvalue weighted by atomic mass is 10.0. The van der Waals surface area contributed by atoms with E-state index in [2.05, 4.69) is 5.32 Å². The Labute approximate surface area is 156 Å². The van der Waals surface area contributed by atoms with Crippen LogP contribution in [-0.4, -0.2) is 23.3 Å². The SMILES string of the molecule is CCCNC(=O)C(c1ccccc1)N(Cc1ccccc1)C(=O)C(C)C. The fraction of sp³-hybridized carbons (Fsp3) is 0.364. The molecule has 4 nitrogen and oxygen atoms in total. The van der Waals surface area contributed by atoms with Crippen molar-refractivity contribution in [2.45, 2.75) is 39.8 Å². The Bertz CT molecular complexity index is 699. The molecule has 26 heavy (non-hydrogen) atoms. The van der Waals surface area contributed by atoms with E-state index < -0.39 is 6.04 Å². The van der Waals surface area contributed by atoms with E-state index in [0.29, 0.717) is 13.1 Å². The highest BCUT2D eigenvalue weighted by Crippen LogP contribution is 2.25. The second-order valence-corrected chi connectivity index (χ2v) is 6.71. The van der Waals surface area contributed by atoms with Gasteiger partial charge in [0.15, 0.2) is 0 Å². The topological polar surface area (TPSA) is 49.4 Å². The summed E-state index contributed by atoms with van der Waals surface area (Å²) in [5, 5.41) is 2.96. The van der Waals surface area contributed by atoms with E-state index in [9.17, 15) is 9.59 Å². The maximum absolute atomic E-state index is 13.0. The highest BCUT2D eigenvalue weighted by molar-refractivity contribution is 5.89. The Hall–Kier alpha value is -2.62. The quantitative estimate of drug-likeness (QED) is 0.782. The fourth-order valence-electron chi connectivity index (χ4n) is 2.86. The smallest absolute Gasteiger partial charge is 0.247 e. The molecule has 0 heterocycles. The van der Waals surface area contributed by atoms with Gasteiger partial charge in [0, 0.05) is 19.0 Å². The molecule has 4 heteroatoms. The van der Waals surface area contributed by atoms with Crippen LogP contribution in [0.2, 0.25) is 0 Å². The first-order valence-electron chi connectivity index (χ1n) is 9.21. The van der Waals surface area contributed by atoms with Crippen molar-refractivity contribution in [1.29, 1.82) is 0 Å². The van der Waals surface area contributed by atoms with Crippen molar-refractivity contribution in [2.75, 3.05) is 6.54 Å². The normalized spacial score (nSPS) is 11.8. The van der Waals surface area contributed by atoms with E-state index in [4.69, 9.17) is 0 Å². The van der Waals surface area contributed by atoms with Crippen LogP contribution in [0, 0.1) is 5.92 Å². The number of benzene rings is 2. The molecule has 1 unspecified atom stereocenters. The molecular formula is C22H28N2O2. The van der Waals surface area contributed by atoms with Gasteiger partial charge in [0.25, 0.3) is 0 Å². The summed E-state index contributed by atoms with van der Waals surface area (Å²) >= 11 is 0. The van der Waals surface area contributed by atoms with Gasteiger partial charge in [-0.2, -0.15) is 0 Å². The molecule has 0 saturated carbocycles. The van der Waals surface area contributed by atoms with Gasteiger partial charge >= 0.3 is 0 Å². The molecule has 1 atom stereocenters. The number of amides is 2. The van der Waals surface area contributed by atoms with Gasteiger partial charge in [-0.25, -0.2) is 0 Å². The summed E-state index contributed by atoms with van der Waals surface area (Å²) in [7, 11) is 0. The highest BCUT2D eigenvalue weighted by atomic mass is 16.2. The predicted octanol–water partition coefficient (Wildman–Crippen LogP) is 3.94. The Balaban J connectivity index is 2.42. The standard InChI is InChI=1S/C22H28N2O2/c1-4-15-23-21(25)20(19-13-9-6-10-14-19)24(22(26)17(2)3)16-18-11-7-5-8-12-18/h5-14,17,20H,4,15-16H2,1-3H3,(H,23,25). The largest absolute Gasteiger partial charge is 0.354 e. The van der Waals surface area contributed by atoms with Crippen molar-refractivity contribution in [3.8, 4) is 0 Å². The minimum atomic E-state index is -0.641. The molecule has 2 aromatic rings. The molecule has 2 aromatic carbocycles. The number of hydrogen-bond acceptors (Lipinski definition) is 2. The van der Waals surface area contributed by atoms with Crippen LogP contribution in [0.3, 0.4) is 0 Å². The van der Waals surface area contributed by atoms with Crippen molar-refractivity contribution >= 4 is 11.8 Å². The maximum Gasteiger partial charge on any atom is 0.247 e. The Morgan fingerprint density at radius 1 is 0.962 bits per heavy atom. The average molecular weight is 352 g/mol. The number of hydrogen-bond donors (Lipinski definition) is 1. The summed E-state index contributed by atoms with van der Waals surface area (Å²) in [6.45, 7) is 6.74. The summed E-state index contributed by atoms with van der Waals surface area (Å²) in [6, 6.07) is 18.7. The van der Waals surface area contributed by atoms with Crippen LogP contribution in [0.4, 0.5) is 0 Å². The number of nitrogens with zero attached hydrogens (tertiary/aromatic N) is 1. The first-order valence-corrected chi connectivity index (χ1v) is 9.21. The van der Waals surface area contributed by atoms with Crippen LogP contribution in [0.25, 0.3) is 0 Å². The Morgan fingerprint density at radius 2 is 1.54 bits per heavy atom. The lowest BCUT2D eigenvalue weighted by Gasteiger charge is -2.33. The van der Waals surface area contributed by atoms with E-state index in [1.165, 1.54) is 0 Å². The fourth-order valence-corrected chi connectivity index (χ4v) is 2.86. The summed E-state index contributed by atoms with van der Waals surface area (Å²) < 4.78 is 0. The van der Waals surface area contributed by atoms with Crippen molar-refractivity contribution in [3.05, 3.63) is 71.8 Å². The molecule has 0 bridgehead atoms. The predicted molar refractivity (Wildman–Crippen MR) is 104 cm³/mol. The van der Waals surface area contributed by atoms with Crippen molar-refractivity contribution < 1.29 is 9.59 Å². The van der Waals surface area contributed by atoms with Crippen molar-refractivity contribution in [2.24, 2.45) is 5.92 Å². The number of carbonyl (C=O) groups excluding carboxylic acids is 2. The molecule has 0 aliphatic rings. The van der Waals surface area contributed by atoms with Crippen LogP contribution >= 0.6 is 0 Å². The molecule has 138 valence electrons. The summed E-state index contributed by atoms with van der Waals surface area (Å²) in [6.07, 6.45) is 0.851. The summed E-state index contributed by atoms with van der Waals surface area (Å²) in [5.41, 5.74) is 1.83. The molecule has 0 fully saturated rings. The van der Waals surface area contributed by atoms with Gasteiger partial charge in [-0.15, -0.1) is 0 Å². The molecule has 0 aromatic heterocycles. The highest BCUT2D eigenvalue weighted by Gasteiger charge is 2.32. The Morgan fingerprint density at radius 3 is 2.08 bits per heavy atom. The van der Waals surface area contributed by atoms with E-state index in [1.54, 1.807) is 4.90 Å². The summed E-state index contributed by atoms with van der Waals surface area (Å²) in [5.74, 6) is -0.360. The molecule has 2 amide bonds. The lowest BCUT2D eigenvalue weighted by molar-refractivity contribution is -0.144. The van der Waals surface area contributed by atoms with Crippen LogP contribution < -0.4 is 5.32 Å². The van der Waals surface area contributed by atoms with Gasteiger partial charge in [0.05, 0.1) is 0 Å². The molecule has 2 rings (SSSR count). The van der Waals surface area contributed by atoms with Gasteiger partial charge in [0.2, 0.25) is 11.8 Å². The van der Waals surface area contributed by atoms with Gasteiger partial charge in [-0.05, 0) is 17.5 Å². The second kappa shape index (κ2) is 9.76. The minimum Gasteiger partial charge on any atom is -0.354 e. The molecular weight excluding hydrogens is 324 g/mol. The van der Waals surface area contributed by atoms with E-state index in [0.717, 1.165) is 17.5 Å². The second-order valence-electron chi connectivity index (χ2n) is 6.71. The minimum absolute atomic E-state index is 0.0330. The molecule has 0 saturated heterocycles. The van der Waals surface area contributed by atoms with Crippen LogP contribution in [0.1, 0.15) is 44.4 Å². The maximum atomic E-state index is 13.0. The van der Waals surface area contributed by atoms with Gasteiger partial charge < -0.3 is 10.2 Å². The molecule has 1 N–H and O–H groups in total. The van der Waals surface area contributed by atoms with E-state index >= 15 is 0 Å². The summed E-state index contributed by atoms with van der Waals surface area (Å²) in [4.78, 5) is 27.6. The van der Waals surface area contributed by atoms with Gasteiger partial charge in [-0.3, -0.25) is 9.59 Å². The first-order chi connectivity index (χ1) is 12.5. The zero-order valence-corrected chi connectivity index (χ0v) is 15.8. The van der Waals surface area contributed by atoms with Gasteiger partial charge in [-0.1, -0.05) is 81.4 Å². The van der Waals surface area contributed by atoms with Crippen LogP contribution in [0.5, 0.6) is 0 Å². The zero-order valence-electron chi connectivity index (χ0n) is 15.8. The molecule has 0 aliphatic carbocycles. The van der Waals surface area contributed by atoms with Crippen molar-refractivity contribution in [1.82, 2.24) is 10.2 Å². The monoisotopic (exact) mass is 352 g/mol. The third-order valence-electron chi connectivity index (χ3n) is 4.20. The number of rotatable bonds is 8. The number of nitrogens with one attached hydrogen (secondary N) is 1.